The molecule has 0 atom stereocenters. The minimum atomic E-state index is -3.42. The molecular weight excluding hydrogens is 368 g/mol. The lowest BCUT2D eigenvalue weighted by Gasteiger charge is -2.25. The van der Waals surface area contributed by atoms with Crippen molar-refractivity contribution >= 4 is 27.3 Å². The average Bonchev–Trinajstić information content (AvgIpc) is 3.06. The fraction of sp³-hybridized carbons (Fsp3) is 0.421. The van der Waals surface area contributed by atoms with Crippen molar-refractivity contribution in [2.24, 2.45) is 0 Å². The van der Waals surface area contributed by atoms with Gasteiger partial charge in [-0.15, -0.1) is 11.3 Å². The van der Waals surface area contributed by atoms with E-state index < -0.39 is 10.0 Å². The Bertz CT molecular complexity index is 851. The lowest BCUT2D eigenvalue weighted by molar-refractivity contribution is -0.120. The summed E-state index contributed by atoms with van der Waals surface area (Å²) in [5.41, 5.74) is 1.99. The summed E-state index contributed by atoms with van der Waals surface area (Å²) in [6.07, 6.45) is 3.17. The number of hydrogen-bond donors (Lipinski definition) is 1. The third-order valence-electron chi connectivity index (χ3n) is 4.66. The van der Waals surface area contributed by atoms with Crippen LogP contribution in [-0.2, 0) is 27.8 Å². The highest BCUT2D eigenvalue weighted by atomic mass is 32.2. The van der Waals surface area contributed by atoms with E-state index in [0.717, 1.165) is 29.7 Å². The van der Waals surface area contributed by atoms with Crippen LogP contribution in [0.5, 0.6) is 0 Å². The Morgan fingerprint density at radius 1 is 1.12 bits per heavy atom. The second-order valence-electron chi connectivity index (χ2n) is 6.59. The van der Waals surface area contributed by atoms with Gasteiger partial charge in [-0.05, 0) is 54.5 Å². The Labute approximate surface area is 159 Å². The third kappa shape index (κ3) is 4.52. The predicted octanol–water partition coefficient (Wildman–Crippen LogP) is 3.09. The summed E-state index contributed by atoms with van der Waals surface area (Å²) in [5, 5.41) is 4.93. The van der Waals surface area contributed by atoms with Crippen LogP contribution in [0.25, 0.3) is 0 Å². The predicted molar refractivity (Wildman–Crippen MR) is 104 cm³/mol. The van der Waals surface area contributed by atoms with Gasteiger partial charge in [0.25, 0.3) is 0 Å². The highest BCUT2D eigenvalue weighted by molar-refractivity contribution is 7.89. The number of thiophene rings is 1. The van der Waals surface area contributed by atoms with Crippen molar-refractivity contribution in [3.05, 3.63) is 51.7 Å². The van der Waals surface area contributed by atoms with Gasteiger partial charge >= 0.3 is 0 Å². The first kappa shape index (κ1) is 19.1. The number of nitrogens with one attached hydrogen (secondary N) is 1. The standard InChI is InChI=1S/C19H24N2O3S2/c1-15-9-12-25-18(15)14-20-19(22)13-16-5-7-17(8-6-16)26(23,24)21-10-3-2-4-11-21/h5-9,12H,2-4,10-11,13-14H2,1H3,(H,20,22). The van der Waals surface area contributed by atoms with E-state index in [9.17, 15) is 13.2 Å². The van der Waals surface area contributed by atoms with Gasteiger partial charge in [0.2, 0.25) is 15.9 Å². The fourth-order valence-electron chi connectivity index (χ4n) is 3.05. The zero-order valence-electron chi connectivity index (χ0n) is 14.9. The number of sulfonamides is 1. The minimum absolute atomic E-state index is 0.0653. The van der Waals surface area contributed by atoms with E-state index in [1.54, 1.807) is 39.9 Å². The summed E-state index contributed by atoms with van der Waals surface area (Å²) in [5.74, 6) is -0.0653. The van der Waals surface area contributed by atoms with E-state index in [0.29, 0.717) is 24.5 Å². The van der Waals surface area contributed by atoms with Crippen molar-refractivity contribution in [2.75, 3.05) is 13.1 Å². The van der Waals surface area contributed by atoms with Crippen LogP contribution in [0.4, 0.5) is 0 Å². The normalized spacial score (nSPS) is 15.7. The number of aryl methyl sites for hydroxylation is 1. The number of benzene rings is 1. The molecule has 1 saturated heterocycles. The molecule has 5 nitrogen and oxygen atoms in total. The van der Waals surface area contributed by atoms with Crippen molar-refractivity contribution in [3.63, 3.8) is 0 Å². The number of carbonyl (C=O) groups is 1. The quantitative estimate of drug-likeness (QED) is 0.821. The lowest BCUT2D eigenvalue weighted by Crippen LogP contribution is -2.35. The molecule has 2 heterocycles. The topological polar surface area (TPSA) is 66.5 Å². The summed E-state index contributed by atoms with van der Waals surface area (Å²) >= 11 is 1.63. The Kier molecular flexibility index (Phi) is 6.11. The monoisotopic (exact) mass is 392 g/mol. The molecule has 0 unspecified atom stereocenters. The van der Waals surface area contributed by atoms with Crippen LogP contribution in [0, 0.1) is 6.92 Å². The second-order valence-corrected chi connectivity index (χ2v) is 9.53. The largest absolute Gasteiger partial charge is 0.351 e. The molecule has 1 aromatic carbocycles. The second kappa shape index (κ2) is 8.33. The van der Waals surface area contributed by atoms with Crippen LogP contribution in [0.15, 0.2) is 40.6 Å². The van der Waals surface area contributed by atoms with Crippen LogP contribution in [-0.4, -0.2) is 31.7 Å². The van der Waals surface area contributed by atoms with Crippen molar-refractivity contribution in [1.29, 1.82) is 0 Å². The van der Waals surface area contributed by atoms with Gasteiger partial charge in [0, 0.05) is 18.0 Å². The molecule has 0 bridgehead atoms. The number of rotatable bonds is 6. The van der Waals surface area contributed by atoms with E-state index in [-0.39, 0.29) is 12.3 Å². The van der Waals surface area contributed by atoms with Gasteiger partial charge in [-0.25, -0.2) is 8.42 Å². The molecule has 1 fully saturated rings. The molecule has 0 saturated carbocycles. The van der Waals surface area contributed by atoms with Gasteiger partial charge in [0.15, 0.2) is 0 Å². The summed E-state index contributed by atoms with van der Waals surface area (Å²) in [6.45, 7) is 3.74. The van der Waals surface area contributed by atoms with Crippen molar-refractivity contribution < 1.29 is 13.2 Å². The SMILES string of the molecule is Cc1ccsc1CNC(=O)Cc1ccc(S(=O)(=O)N2CCCCC2)cc1. The average molecular weight is 393 g/mol. The van der Waals surface area contributed by atoms with Crippen LogP contribution < -0.4 is 5.32 Å². The minimum Gasteiger partial charge on any atom is -0.351 e. The first-order chi connectivity index (χ1) is 12.5. The Hall–Kier alpha value is -1.70. The Balaban J connectivity index is 1.58. The van der Waals surface area contributed by atoms with Gasteiger partial charge in [0.05, 0.1) is 17.9 Å². The van der Waals surface area contributed by atoms with E-state index in [4.69, 9.17) is 0 Å². The van der Waals surface area contributed by atoms with E-state index in [1.165, 1.54) is 5.56 Å². The van der Waals surface area contributed by atoms with Gasteiger partial charge in [-0.2, -0.15) is 4.31 Å². The highest BCUT2D eigenvalue weighted by Crippen LogP contribution is 2.21. The molecule has 1 amide bonds. The van der Waals surface area contributed by atoms with Gasteiger partial charge in [0.1, 0.15) is 0 Å². The molecule has 1 aliphatic rings. The van der Waals surface area contributed by atoms with Gasteiger partial charge in [-0.1, -0.05) is 18.6 Å². The summed E-state index contributed by atoms with van der Waals surface area (Å²) in [4.78, 5) is 13.6. The van der Waals surface area contributed by atoms with Crippen LogP contribution in [0.3, 0.4) is 0 Å². The van der Waals surface area contributed by atoms with E-state index in [2.05, 4.69) is 5.32 Å². The smallest absolute Gasteiger partial charge is 0.243 e. The van der Waals surface area contributed by atoms with Crippen LogP contribution in [0.2, 0.25) is 0 Å². The summed E-state index contributed by atoms with van der Waals surface area (Å²) in [7, 11) is -3.42. The molecule has 1 aromatic heterocycles. The number of amides is 1. The molecule has 1 aliphatic heterocycles. The molecule has 7 heteroatoms. The molecule has 26 heavy (non-hydrogen) atoms. The van der Waals surface area contributed by atoms with E-state index in [1.807, 2.05) is 18.4 Å². The summed E-state index contributed by atoms with van der Waals surface area (Å²) in [6, 6.07) is 8.71. The van der Waals surface area contributed by atoms with Crippen molar-refractivity contribution in [3.8, 4) is 0 Å². The van der Waals surface area contributed by atoms with Crippen LogP contribution in [0.1, 0.15) is 35.3 Å². The van der Waals surface area contributed by atoms with Gasteiger partial charge in [-0.3, -0.25) is 4.79 Å². The molecule has 0 radical (unpaired) electrons. The molecule has 3 rings (SSSR count). The Morgan fingerprint density at radius 2 is 1.81 bits per heavy atom. The third-order valence-corrected chi connectivity index (χ3v) is 7.59. The molecule has 1 N–H and O–H groups in total. The maximum atomic E-state index is 12.6. The number of nitrogens with zero attached hydrogens (tertiary/aromatic N) is 1. The maximum Gasteiger partial charge on any atom is 0.243 e. The zero-order valence-corrected chi connectivity index (χ0v) is 16.5. The lowest BCUT2D eigenvalue weighted by atomic mass is 10.1. The molecule has 2 aromatic rings. The van der Waals surface area contributed by atoms with Gasteiger partial charge < -0.3 is 5.32 Å². The first-order valence-electron chi connectivity index (χ1n) is 8.85. The van der Waals surface area contributed by atoms with Crippen molar-refractivity contribution in [2.45, 2.75) is 44.0 Å². The molecule has 0 aliphatic carbocycles. The number of hydrogen-bond acceptors (Lipinski definition) is 4. The van der Waals surface area contributed by atoms with Crippen LogP contribution >= 0.6 is 11.3 Å². The summed E-state index contributed by atoms with van der Waals surface area (Å²) < 4.78 is 26.8. The maximum absolute atomic E-state index is 12.6. The Morgan fingerprint density at radius 3 is 2.42 bits per heavy atom. The zero-order chi connectivity index (χ0) is 18.6. The highest BCUT2D eigenvalue weighted by Gasteiger charge is 2.25. The molecule has 140 valence electrons. The first-order valence-corrected chi connectivity index (χ1v) is 11.2. The molecule has 0 spiro atoms. The number of carbonyl (C=O) groups excluding carboxylic acids is 1. The van der Waals surface area contributed by atoms with Crippen molar-refractivity contribution in [1.82, 2.24) is 9.62 Å². The van der Waals surface area contributed by atoms with E-state index >= 15 is 0 Å². The fourth-order valence-corrected chi connectivity index (χ4v) is 5.41. The number of piperidine rings is 1. The molecular formula is C19H24N2O3S2.